The molecule has 1 amide bonds. The summed E-state index contributed by atoms with van der Waals surface area (Å²) < 4.78 is 20.1. The molecule has 0 bridgehead atoms. The number of benzene rings is 1. The Labute approximate surface area is 149 Å². The topological polar surface area (TPSA) is 75.0 Å². The maximum absolute atomic E-state index is 14.7. The van der Waals surface area contributed by atoms with Crippen molar-refractivity contribution in [3.05, 3.63) is 46.5 Å². The molecular weight excluding hydrogens is 349 g/mol. The van der Waals surface area contributed by atoms with E-state index in [1.54, 1.807) is 20.2 Å². The lowest BCUT2D eigenvalue weighted by molar-refractivity contribution is 0.0822. The number of aromatic nitrogens is 1. The zero-order chi connectivity index (χ0) is 18.7. The van der Waals surface area contributed by atoms with Gasteiger partial charge in [0.05, 0.1) is 23.4 Å². The van der Waals surface area contributed by atoms with Crippen LogP contribution in [-0.2, 0) is 0 Å². The fourth-order valence-electron chi connectivity index (χ4n) is 2.33. The molecule has 1 aromatic carbocycles. The maximum atomic E-state index is 14.7. The molecule has 0 atom stereocenters. The summed E-state index contributed by atoms with van der Waals surface area (Å²) in [4.78, 5) is 17.5. The Balaban J connectivity index is 2.77. The van der Waals surface area contributed by atoms with E-state index >= 15 is 0 Å². The van der Waals surface area contributed by atoms with E-state index in [2.05, 4.69) is 10.1 Å². The number of carbonyl (C=O) groups excluding carboxylic acids is 1. The third-order valence-electron chi connectivity index (χ3n) is 3.59. The number of oxime groups is 1. The van der Waals surface area contributed by atoms with Gasteiger partial charge in [-0.25, -0.2) is 4.39 Å². The predicted molar refractivity (Wildman–Crippen MR) is 93.2 cm³/mol. The summed E-state index contributed by atoms with van der Waals surface area (Å²) in [5.41, 5.74) is 1.12. The number of pyridine rings is 1. The van der Waals surface area contributed by atoms with E-state index < -0.39 is 5.82 Å². The van der Waals surface area contributed by atoms with Crippen LogP contribution in [0.2, 0.25) is 5.02 Å². The molecule has 0 aliphatic carbocycles. The molecule has 1 heterocycles. The number of methoxy groups -OCH3 is 1. The van der Waals surface area contributed by atoms with Crippen LogP contribution in [0.25, 0.3) is 11.1 Å². The van der Waals surface area contributed by atoms with Crippen LogP contribution in [-0.4, -0.2) is 47.9 Å². The number of carbonyl (C=O) groups is 1. The SMILES string of the molecule is COc1c(/C(C)=N/O)cc(Cl)c(F)c1-c1ccnc(C(=O)N(C)C)c1. The first-order valence-corrected chi connectivity index (χ1v) is 7.62. The second-order valence-corrected chi connectivity index (χ2v) is 5.85. The van der Waals surface area contributed by atoms with Gasteiger partial charge in [-0.2, -0.15) is 0 Å². The van der Waals surface area contributed by atoms with Crippen molar-refractivity contribution in [2.24, 2.45) is 5.16 Å². The molecule has 8 heteroatoms. The van der Waals surface area contributed by atoms with Gasteiger partial charge in [-0.1, -0.05) is 16.8 Å². The minimum absolute atomic E-state index is 0.0585. The highest BCUT2D eigenvalue weighted by molar-refractivity contribution is 6.31. The van der Waals surface area contributed by atoms with E-state index in [9.17, 15) is 9.18 Å². The maximum Gasteiger partial charge on any atom is 0.271 e. The lowest BCUT2D eigenvalue weighted by Crippen LogP contribution is -2.22. The molecule has 0 radical (unpaired) electrons. The van der Waals surface area contributed by atoms with Crippen LogP contribution in [0.5, 0.6) is 5.75 Å². The number of hydrogen-bond donors (Lipinski definition) is 1. The van der Waals surface area contributed by atoms with Crippen LogP contribution in [0.3, 0.4) is 0 Å². The molecule has 0 aliphatic heterocycles. The van der Waals surface area contributed by atoms with E-state index in [-0.39, 0.29) is 33.6 Å². The van der Waals surface area contributed by atoms with Gasteiger partial charge in [0.15, 0.2) is 5.82 Å². The van der Waals surface area contributed by atoms with Gasteiger partial charge in [0.25, 0.3) is 5.91 Å². The zero-order valence-electron chi connectivity index (χ0n) is 14.2. The van der Waals surface area contributed by atoms with Crippen LogP contribution < -0.4 is 4.74 Å². The highest BCUT2D eigenvalue weighted by Crippen LogP contribution is 2.39. The van der Waals surface area contributed by atoms with Crippen molar-refractivity contribution in [3.63, 3.8) is 0 Å². The molecule has 0 saturated heterocycles. The smallest absolute Gasteiger partial charge is 0.271 e. The first kappa shape index (κ1) is 18.7. The Morgan fingerprint density at radius 3 is 2.64 bits per heavy atom. The van der Waals surface area contributed by atoms with Crippen molar-refractivity contribution in [1.82, 2.24) is 9.88 Å². The van der Waals surface area contributed by atoms with Crippen molar-refractivity contribution in [3.8, 4) is 16.9 Å². The molecule has 0 saturated carbocycles. The second-order valence-electron chi connectivity index (χ2n) is 5.44. The quantitative estimate of drug-likeness (QED) is 0.511. The lowest BCUT2D eigenvalue weighted by Gasteiger charge is -2.16. The van der Waals surface area contributed by atoms with Crippen molar-refractivity contribution in [1.29, 1.82) is 0 Å². The van der Waals surface area contributed by atoms with Crippen LogP contribution >= 0.6 is 11.6 Å². The van der Waals surface area contributed by atoms with Gasteiger partial charge < -0.3 is 14.8 Å². The van der Waals surface area contributed by atoms with Gasteiger partial charge in [0.1, 0.15) is 11.4 Å². The molecular formula is C17H17ClFN3O3. The average Bonchev–Trinajstić information content (AvgIpc) is 2.61. The molecule has 6 nitrogen and oxygen atoms in total. The van der Waals surface area contributed by atoms with E-state index in [0.717, 1.165) is 0 Å². The highest BCUT2D eigenvalue weighted by Gasteiger charge is 2.22. The molecule has 25 heavy (non-hydrogen) atoms. The van der Waals surface area contributed by atoms with Crippen LogP contribution in [0.1, 0.15) is 23.0 Å². The number of amides is 1. The molecule has 0 unspecified atom stereocenters. The monoisotopic (exact) mass is 365 g/mol. The summed E-state index contributed by atoms with van der Waals surface area (Å²) in [5.74, 6) is -0.884. The molecule has 0 fully saturated rings. The Morgan fingerprint density at radius 2 is 2.08 bits per heavy atom. The third kappa shape index (κ3) is 3.56. The summed E-state index contributed by atoms with van der Waals surface area (Å²) in [7, 11) is 4.56. The van der Waals surface area contributed by atoms with Crippen molar-refractivity contribution >= 4 is 23.2 Å². The van der Waals surface area contributed by atoms with Gasteiger partial charge in [0, 0.05) is 25.9 Å². The molecule has 2 aromatic rings. The number of halogens is 2. The Morgan fingerprint density at radius 1 is 1.40 bits per heavy atom. The lowest BCUT2D eigenvalue weighted by atomic mass is 9.98. The molecule has 1 aromatic heterocycles. The van der Waals surface area contributed by atoms with Gasteiger partial charge in [-0.15, -0.1) is 0 Å². The minimum Gasteiger partial charge on any atom is -0.495 e. The van der Waals surface area contributed by atoms with E-state index in [0.29, 0.717) is 11.1 Å². The van der Waals surface area contributed by atoms with Crippen LogP contribution in [0.15, 0.2) is 29.6 Å². The van der Waals surface area contributed by atoms with Crippen molar-refractivity contribution in [2.75, 3.05) is 21.2 Å². The predicted octanol–water partition coefficient (Wildman–Crippen LogP) is 3.45. The summed E-state index contributed by atoms with van der Waals surface area (Å²) in [6.45, 7) is 1.53. The average molecular weight is 366 g/mol. The first-order chi connectivity index (χ1) is 11.8. The summed E-state index contributed by atoms with van der Waals surface area (Å²) in [6, 6.07) is 4.31. The van der Waals surface area contributed by atoms with Gasteiger partial charge in [-0.3, -0.25) is 9.78 Å². The Kier molecular flexibility index (Phi) is 5.58. The van der Waals surface area contributed by atoms with Crippen LogP contribution in [0, 0.1) is 5.82 Å². The summed E-state index contributed by atoms with van der Waals surface area (Å²) in [5, 5.41) is 12.0. The number of ether oxygens (including phenoxy) is 1. The Bertz CT molecular complexity index is 853. The zero-order valence-corrected chi connectivity index (χ0v) is 14.9. The summed E-state index contributed by atoms with van der Waals surface area (Å²) >= 11 is 5.99. The van der Waals surface area contributed by atoms with E-state index in [1.165, 1.54) is 37.3 Å². The standard InChI is InChI=1S/C17H17ClFN3O3/c1-9(21-24)11-8-12(18)15(19)14(16(11)25-4)10-5-6-20-13(7-10)17(23)22(2)3/h5-8,24H,1-4H3/b21-9+. The molecule has 0 aliphatic rings. The van der Waals surface area contributed by atoms with Gasteiger partial charge >= 0.3 is 0 Å². The molecule has 132 valence electrons. The number of rotatable bonds is 4. The largest absolute Gasteiger partial charge is 0.495 e. The van der Waals surface area contributed by atoms with Gasteiger partial charge in [-0.05, 0) is 30.7 Å². The molecule has 2 rings (SSSR count). The van der Waals surface area contributed by atoms with Gasteiger partial charge in [0.2, 0.25) is 0 Å². The van der Waals surface area contributed by atoms with Crippen molar-refractivity contribution in [2.45, 2.75) is 6.92 Å². The minimum atomic E-state index is -0.706. The molecule has 0 spiro atoms. The van der Waals surface area contributed by atoms with E-state index in [4.69, 9.17) is 21.5 Å². The van der Waals surface area contributed by atoms with Crippen molar-refractivity contribution < 1.29 is 19.1 Å². The Hall–Kier alpha value is -2.67. The third-order valence-corrected chi connectivity index (χ3v) is 3.86. The number of nitrogens with zero attached hydrogens (tertiary/aromatic N) is 3. The van der Waals surface area contributed by atoms with E-state index in [1.807, 2.05) is 0 Å². The number of hydrogen-bond acceptors (Lipinski definition) is 5. The summed E-state index contributed by atoms with van der Waals surface area (Å²) in [6.07, 6.45) is 1.40. The van der Waals surface area contributed by atoms with Crippen LogP contribution in [0.4, 0.5) is 4.39 Å². The fourth-order valence-corrected chi connectivity index (χ4v) is 2.54. The first-order valence-electron chi connectivity index (χ1n) is 7.24. The highest BCUT2D eigenvalue weighted by atomic mass is 35.5. The fraction of sp³-hybridized carbons (Fsp3) is 0.235. The normalized spacial score (nSPS) is 11.4. The molecule has 1 N–H and O–H groups in total. The second kappa shape index (κ2) is 7.48.